The van der Waals surface area contributed by atoms with Gasteiger partial charge in [-0.25, -0.2) is 0 Å². The van der Waals surface area contributed by atoms with E-state index in [4.69, 9.17) is 0 Å². The predicted molar refractivity (Wildman–Crippen MR) is 71.6 cm³/mol. The smallest absolute Gasteiger partial charge is 0.169 e. The van der Waals surface area contributed by atoms with E-state index in [1.807, 2.05) is 24.3 Å². The molecule has 3 rings (SSSR count). The van der Waals surface area contributed by atoms with Gasteiger partial charge in [0, 0.05) is 23.8 Å². The second-order valence-corrected chi connectivity index (χ2v) is 4.98. The van der Waals surface area contributed by atoms with Crippen molar-refractivity contribution in [2.24, 2.45) is 5.41 Å². The quantitative estimate of drug-likeness (QED) is 0.654. The van der Waals surface area contributed by atoms with E-state index in [-0.39, 0.29) is 11.2 Å². The van der Waals surface area contributed by atoms with E-state index >= 15 is 0 Å². The zero-order valence-corrected chi connectivity index (χ0v) is 10.6. The van der Waals surface area contributed by atoms with Gasteiger partial charge in [0.25, 0.3) is 0 Å². The van der Waals surface area contributed by atoms with Crippen LogP contribution >= 0.6 is 0 Å². The van der Waals surface area contributed by atoms with Gasteiger partial charge in [-0.05, 0) is 24.8 Å². The first-order valence-electron chi connectivity index (χ1n) is 6.36. The van der Waals surface area contributed by atoms with Gasteiger partial charge >= 0.3 is 0 Å². The third kappa shape index (κ3) is 1.92. The fourth-order valence-corrected chi connectivity index (χ4v) is 3.04. The maximum absolute atomic E-state index is 12.4. The second kappa shape index (κ2) is 4.89. The third-order valence-corrected chi connectivity index (χ3v) is 4.04. The fourth-order valence-electron chi connectivity index (χ4n) is 3.04. The zero-order valence-electron chi connectivity index (χ0n) is 10.6. The maximum atomic E-state index is 12.4. The Kier molecular flexibility index (Phi) is 3.46. The molecule has 0 amide bonds. The van der Waals surface area contributed by atoms with Crippen LogP contribution in [0, 0.1) is 5.41 Å². The van der Waals surface area contributed by atoms with Gasteiger partial charge in [0.1, 0.15) is 5.78 Å². The van der Waals surface area contributed by atoms with Gasteiger partial charge in [-0.3, -0.25) is 9.59 Å². The molecule has 0 radical (unpaired) electrons. The molecule has 2 heteroatoms. The number of hydrogen-bond acceptors (Lipinski definition) is 2. The van der Waals surface area contributed by atoms with Crippen LogP contribution in [0.4, 0.5) is 0 Å². The lowest BCUT2D eigenvalue weighted by Crippen LogP contribution is -2.33. The number of fused-ring (bicyclic) bond motifs is 1. The van der Waals surface area contributed by atoms with Crippen molar-refractivity contribution in [1.29, 1.82) is 0 Å². The van der Waals surface area contributed by atoms with Crippen LogP contribution in [0.5, 0.6) is 0 Å². The molecule has 2 nitrogen and oxygen atoms in total. The maximum Gasteiger partial charge on any atom is 0.169 e. The fraction of sp³-hybridized carbons (Fsp3) is 0.375. The summed E-state index contributed by atoms with van der Waals surface area (Å²) >= 11 is 0. The van der Waals surface area contributed by atoms with Gasteiger partial charge in [-0.1, -0.05) is 24.3 Å². The van der Waals surface area contributed by atoms with Crippen LogP contribution in [-0.4, -0.2) is 11.6 Å². The molecule has 0 atom stereocenters. The number of benzene rings is 1. The lowest BCUT2D eigenvalue weighted by atomic mass is 9.71. The molecule has 2 aliphatic rings. The first-order chi connectivity index (χ1) is 8.71. The van der Waals surface area contributed by atoms with Crippen LogP contribution in [0.3, 0.4) is 0 Å². The largest absolute Gasteiger partial charge is 0.300 e. The van der Waals surface area contributed by atoms with Crippen molar-refractivity contribution in [3.8, 4) is 0 Å². The van der Waals surface area contributed by atoms with E-state index in [1.165, 1.54) is 5.56 Å². The Hall–Kier alpha value is -1.70. The Morgan fingerprint density at radius 3 is 2.22 bits per heavy atom. The van der Waals surface area contributed by atoms with Gasteiger partial charge in [-0.15, -0.1) is 13.2 Å². The number of rotatable bonds is 0. The normalized spacial score (nSPS) is 20.2. The monoisotopic (exact) mass is 242 g/mol. The topological polar surface area (TPSA) is 34.1 Å². The minimum atomic E-state index is -0.238. The molecule has 0 bridgehead atoms. The van der Waals surface area contributed by atoms with Gasteiger partial charge in [-0.2, -0.15) is 0 Å². The van der Waals surface area contributed by atoms with Crippen LogP contribution in [0.25, 0.3) is 0 Å². The highest BCUT2D eigenvalue weighted by Crippen LogP contribution is 2.46. The van der Waals surface area contributed by atoms with E-state index in [0.29, 0.717) is 18.6 Å². The lowest BCUT2D eigenvalue weighted by molar-refractivity contribution is -0.121. The molecule has 1 aromatic carbocycles. The van der Waals surface area contributed by atoms with Gasteiger partial charge in [0.05, 0.1) is 0 Å². The summed E-state index contributed by atoms with van der Waals surface area (Å²) in [4.78, 5) is 23.6. The van der Waals surface area contributed by atoms with E-state index in [1.54, 1.807) is 0 Å². The van der Waals surface area contributed by atoms with Crippen LogP contribution in [0.15, 0.2) is 37.4 Å². The SMILES string of the molecule is C=C.O=C1CCC2(CC1)Cc1ccccc1C2=O. The molecule has 0 saturated heterocycles. The minimum Gasteiger partial charge on any atom is -0.300 e. The van der Waals surface area contributed by atoms with Gasteiger partial charge < -0.3 is 0 Å². The minimum absolute atomic E-state index is 0.238. The summed E-state index contributed by atoms with van der Waals surface area (Å²) in [6, 6.07) is 7.87. The molecule has 94 valence electrons. The summed E-state index contributed by atoms with van der Waals surface area (Å²) in [5.74, 6) is 0.588. The molecule has 0 unspecified atom stereocenters. The average molecular weight is 242 g/mol. The Bertz CT molecular complexity index is 478. The number of carbonyl (C=O) groups is 2. The van der Waals surface area contributed by atoms with Crippen LogP contribution in [-0.2, 0) is 11.2 Å². The van der Waals surface area contributed by atoms with Crippen LogP contribution in [0.2, 0.25) is 0 Å². The summed E-state index contributed by atoms with van der Waals surface area (Å²) in [7, 11) is 0. The predicted octanol–water partition coefficient (Wildman–Crippen LogP) is 3.36. The summed E-state index contributed by atoms with van der Waals surface area (Å²) < 4.78 is 0. The second-order valence-electron chi connectivity index (χ2n) is 4.98. The van der Waals surface area contributed by atoms with E-state index in [0.717, 1.165) is 24.8 Å². The van der Waals surface area contributed by atoms with Crippen molar-refractivity contribution < 1.29 is 9.59 Å². The number of Topliss-reactive ketones (excluding diaryl/α,β-unsaturated/α-hetero) is 2. The lowest BCUT2D eigenvalue weighted by Gasteiger charge is -2.30. The van der Waals surface area contributed by atoms with Crippen molar-refractivity contribution in [3.05, 3.63) is 48.6 Å². The molecule has 1 spiro atoms. The Morgan fingerprint density at radius 2 is 1.61 bits per heavy atom. The number of carbonyl (C=O) groups excluding carboxylic acids is 2. The Labute approximate surface area is 108 Å². The van der Waals surface area contributed by atoms with Crippen molar-refractivity contribution in [2.75, 3.05) is 0 Å². The van der Waals surface area contributed by atoms with Crippen molar-refractivity contribution in [1.82, 2.24) is 0 Å². The highest BCUT2D eigenvalue weighted by Gasteiger charge is 2.46. The van der Waals surface area contributed by atoms with Crippen LogP contribution < -0.4 is 0 Å². The van der Waals surface area contributed by atoms with Gasteiger partial charge in [0.15, 0.2) is 5.78 Å². The molecular weight excluding hydrogens is 224 g/mol. The molecule has 2 aliphatic carbocycles. The highest BCUT2D eigenvalue weighted by molar-refractivity contribution is 6.05. The first kappa shape index (κ1) is 12.7. The molecule has 0 N–H and O–H groups in total. The van der Waals surface area contributed by atoms with Crippen LogP contribution in [0.1, 0.15) is 41.6 Å². The molecule has 18 heavy (non-hydrogen) atoms. The Balaban J connectivity index is 0.000000574. The summed E-state index contributed by atoms with van der Waals surface area (Å²) in [6.45, 7) is 6.00. The van der Waals surface area contributed by atoms with Gasteiger partial charge in [0.2, 0.25) is 0 Å². The van der Waals surface area contributed by atoms with Crippen molar-refractivity contribution in [2.45, 2.75) is 32.1 Å². The summed E-state index contributed by atoms with van der Waals surface area (Å²) in [5.41, 5.74) is 1.82. The molecule has 0 aromatic heterocycles. The molecular formula is C16H18O2. The first-order valence-corrected chi connectivity index (χ1v) is 6.36. The molecule has 1 aromatic rings. The Morgan fingerprint density at radius 1 is 1.00 bits per heavy atom. The van der Waals surface area contributed by atoms with E-state index in [9.17, 15) is 9.59 Å². The summed E-state index contributed by atoms with van der Waals surface area (Å²) in [6.07, 6.45) is 3.51. The molecule has 1 saturated carbocycles. The number of hydrogen-bond donors (Lipinski definition) is 0. The summed E-state index contributed by atoms with van der Waals surface area (Å²) in [5, 5.41) is 0. The number of ketones is 2. The average Bonchev–Trinajstić information content (AvgIpc) is 2.70. The highest BCUT2D eigenvalue weighted by atomic mass is 16.1. The van der Waals surface area contributed by atoms with Crippen molar-refractivity contribution in [3.63, 3.8) is 0 Å². The molecule has 0 aliphatic heterocycles. The van der Waals surface area contributed by atoms with E-state index < -0.39 is 0 Å². The molecule has 1 fully saturated rings. The zero-order chi connectivity index (χ0) is 13.2. The van der Waals surface area contributed by atoms with Crippen molar-refractivity contribution >= 4 is 11.6 Å². The standard InChI is InChI=1S/C14H14O2.C2H4/c15-11-5-7-14(8-6-11)9-10-3-1-2-4-12(10)13(14)16;1-2/h1-4H,5-9H2;1-2H2. The van der Waals surface area contributed by atoms with E-state index in [2.05, 4.69) is 13.2 Å². The third-order valence-electron chi connectivity index (χ3n) is 4.04. The molecule has 0 heterocycles.